The number of aryl methyl sites for hydroxylation is 1. The quantitative estimate of drug-likeness (QED) is 0.345. The smallest absolute Gasteiger partial charge is 0.325 e. The van der Waals surface area contributed by atoms with Crippen molar-refractivity contribution in [2.75, 3.05) is 11.1 Å². The lowest BCUT2D eigenvalue weighted by Gasteiger charge is -2.09. The van der Waals surface area contributed by atoms with Crippen LogP contribution in [0.2, 0.25) is 0 Å². The molecule has 0 aliphatic rings. The average molecular weight is 459 g/mol. The summed E-state index contributed by atoms with van der Waals surface area (Å²) in [7, 11) is 0. The lowest BCUT2D eigenvalue weighted by Crippen LogP contribution is -2.16. The zero-order chi connectivity index (χ0) is 22.9. The van der Waals surface area contributed by atoms with Gasteiger partial charge in [-0.2, -0.15) is 18.3 Å². The van der Waals surface area contributed by atoms with Crippen molar-refractivity contribution in [2.24, 2.45) is 0 Å². The third-order valence-corrected chi connectivity index (χ3v) is 5.35. The van der Waals surface area contributed by atoms with Gasteiger partial charge >= 0.3 is 6.18 Å². The highest BCUT2D eigenvalue weighted by Crippen LogP contribution is 2.30. The molecule has 11 heteroatoms. The summed E-state index contributed by atoms with van der Waals surface area (Å²) in [5, 5.41) is 7.15. The molecule has 4 rings (SSSR count). The van der Waals surface area contributed by atoms with Crippen molar-refractivity contribution in [3.8, 4) is 5.69 Å². The van der Waals surface area contributed by atoms with E-state index in [-0.39, 0.29) is 16.6 Å². The van der Waals surface area contributed by atoms with Crippen LogP contribution >= 0.6 is 11.8 Å². The second kappa shape index (κ2) is 8.50. The van der Waals surface area contributed by atoms with E-state index in [1.807, 2.05) is 31.2 Å². The van der Waals surface area contributed by atoms with Gasteiger partial charge in [-0.15, -0.1) is 0 Å². The number of rotatable bonds is 5. The fourth-order valence-electron chi connectivity index (χ4n) is 3.02. The highest BCUT2D eigenvalue weighted by molar-refractivity contribution is 7.99. The van der Waals surface area contributed by atoms with E-state index in [1.54, 1.807) is 0 Å². The number of halogens is 3. The predicted molar refractivity (Wildman–Crippen MR) is 115 cm³/mol. The second-order valence-electron chi connectivity index (χ2n) is 6.92. The molecule has 2 heterocycles. The summed E-state index contributed by atoms with van der Waals surface area (Å²) in [6, 6.07) is 11.9. The summed E-state index contributed by atoms with van der Waals surface area (Å²) in [6.07, 6.45) is -3.09. The molecule has 0 aliphatic carbocycles. The first kappa shape index (κ1) is 21.6. The number of amides is 1. The number of fused-ring (bicyclic) bond motifs is 1. The van der Waals surface area contributed by atoms with Crippen molar-refractivity contribution >= 4 is 34.4 Å². The molecule has 32 heavy (non-hydrogen) atoms. The first-order valence-corrected chi connectivity index (χ1v) is 10.3. The number of nitrogens with one attached hydrogen (secondary N) is 2. The Morgan fingerprint density at radius 1 is 1.19 bits per heavy atom. The summed E-state index contributed by atoms with van der Waals surface area (Å²) < 4.78 is 40.0. The third kappa shape index (κ3) is 4.67. The van der Waals surface area contributed by atoms with Crippen LogP contribution in [0.3, 0.4) is 0 Å². The van der Waals surface area contributed by atoms with Gasteiger partial charge in [-0.05, 0) is 42.8 Å². The summed E-state index contributed by atoms with van der Waals surface area (Å²) in [5.74, 6) is -0.701. The van der Waals surface area contributed by atoms with Crippen LogP contribution in [0.5, 0.6) is 0 Å². The van der Waals surface area contributed by atoms with Gasteiger partial charge in [-0.3, -0.25) is 9.59 Å². The monoisotopic (exact) mass is 459 g/mol. The number of benzene rings is 2. The topological polar surface area (TPSA) is 92.7 Å². The Balaban J connectivity index is 1.52. The fourth-order valence-corrected chi connectivity index (χ4v) is 3.68. The number of anilines is 1. The molecule has 0 spiro atoms. The molecule has 0 fully saturated rings. The third-order valence-electron chi connectivity index (χ3n) is 4.48. The molecular weight excluding hydrogens is 443 g/mol. The molecule has 164 valence electrons. The van der Waals surface area contributed by atoms with Crippen LogP contribution in [0, 0.1) is 6.92 Å². The summed E-state index contributed by atoms with van der Waals surface area (Å²) >= 11 is 0.955. The van der Waals surface area contributed by atoms with Gasteiger partial charge in [0.1, 0.15) is 5.39 Å². The van der Waals surface area contributed by atoms with E-state index < -0.39 is 23.2 Å². The number of hydrogen-bond acceptors (Lipinski definition) is 5. The largest absolute Gasteiger partial charge is 0.416 e. The van der Waals surface area contributed by atoms with Crippen LogP contribution < -0.4 is 10.9 Å². The summed E-state index contributed by atoms with van der Waals surface area (Å²) in [5.41, 5.74) is 0.840. The molecule has 0 aliphatic heterocycles. The van der Waals surface area contributed by atoms with Crippen LogP contribution in [0.25, 0.3) is 16.7 Å². The Bertz CT molecular complexity index is 1360. The van der Waals surface area contributed by atoms with Gasteiger partial charge < -0.3 is 10.3 Å². The number of thioether (sulfide) groups is 1. The van der Waals surface area contributed by atoms with Crippen LogP contribution in [0.1, 0.15) is 11.1 Å². The molecule has 0 saturated heterocycles. The molecule has 0 saturated carbocycles. The maximum absolute atomic E-state index is 12.8. The van der Waals surface area contributed by atoms with E-state index in [0.717, 1.165) is 35.1 Å². The van der Waals surface area contributed by atoms with Crippen LogP contribution in [-0.2, 0) is 11.0 Å². The van der Waals surface area contributed by atoms with Crippen LogP contribution in [0.15, 0.2) is 64.7 Å². The molecule has 0 atom stereocenters. The number of alkyl halides is 3. The number of aromatic amines is 1. The van der Waals surface area contributed by atoms with Gasteiger partial charge in [-0.25, -0.2) is 9.67 Å². The van der Waals surface area contributed by atoms with Crippen molar-refractivity contribution in [1.29, 1.82) is 0 Å². The average Bonchev–Trinajstić information content (AvgIpc) is 3.16. The van der Waals surface area contributed by atoms with Crippen molar-refractivity contribution in [1.82, 2.24) is 19.7 Å². The van der Waals surface area contributed by atoms with Gasteiger partial charge in [0.2, 0.25) is 5.91 Å². The molecule has 0 unspecified atom stereocenters. The minimum atomic E-state index is -4.51. The predicted octanol–water partition coefficient (Wildman–Crippen LogP) is 4.17. The number of hydrogen-bond donors (Lipinski definition) is 2. The fraction of sp³-hybridized carbons (Fsp3) is 0.143. The molecule has 1 amide bonds. The first-order chi connectivity index (χ1) is 15.2. The molecule has 2 N–H and O–H groups in total. The second-order valence-corrected chi connectivity index (χ2v) is 7.88. The van der Waals surface area contributed by atoms with Crippen molar-refractivity contribution in [3.63, 3.8) is 0 Å². The molecule has 0 radical (unpaired) electrons. The Kier molecular flexibility index (Phi) is 5.74. The summed E-state index contributed by atoms with van der Waals surface area (Å²) in [6.45, 7) is 1.93. The SMILES string of the molecule is Cc1cccc(-n2ncc3c(=O)[nH]c(SCC(=O)Nc4cccc(C(F)(F)F)c4)nc32)c1. The van der Waals surface area contributed by atoms with Crippen LogP contribution in [0.4, 0.5) is 18.9 Å². The summed E-state index contributed by atoms with van der Waals surface area (Å²) in [4.78, 5) is 31.6. The zero-order valence-corrected chi connectivity index (χ0v) is 17.4. The molecular formula is C21H16F3N5O2S. The minimum Gasteiger partial charge on any atom is -0.325 e. The number of carbonyl (C=O) groups is 1. The van der Waals surface area contributed by atoms with E-state index in [1.165, 1.54) is 23.0 Å². The van der Waals surface area contributed by atoms with E-state index >= 15 is 0 Å². The van der Waals surface area contributed by atoms with Gasteiger partial charge in [0, 0.05) is 5.69 Å². The lowest BCUT2D eigenvalue weighted by molar-refractivity contribution is -0.137. The van der Waals surface area contributed by atoms with Crippen LogP contribution in [-0.4, -0.2) is 31.4 Å². The molecule has 4 aromatic rings. The number of nitrogens with zero attached hydrogens (tertiary/aromatic N) is 3. The Morgan fingerprint density at radius 3 is 2.72 bits per heavy atom. The highest BCUT2D eigenvalue weighted by atomic mass is 32.2. The molecule has 2 aromatic carbocycles. The van der Waals surface area contributed by atoms with E-state index in [0.29, 0.717) is 11.0 Å². The molecule has 7 nitrogen and oxygen atoms in total. The maximum Gasteiger partial charge on any atom is 0.416 e. The highest BCUT2D eigenvalue weighted by Gasteiger charge is 2.30. The van der Waals surface area contributed by atoms with Crippen molar-refractivity contribution in [2.45, 2.75) is 18.3 Å². The lowest BCUT2D eigenvalue weighted by atomic mass is 10.2. The van der Waals surface area contributed by atoms with E-state index in [4.69, 9.17) is 0 Å². The molecule has 0 bridgehead atoms. The number of carbonyl (C=O) groups excluding carboxylic acids is 1. The Labute approximate surface area is 183 Å². The molecule has 2 aromatic heterocycles. The van der Waals surface area contributed by atoms with Gasteiger partial charge in [0.25, 0.3) is 5.56 Å². The van der Waals surface area contributed by atoms with E-state index in [9.17, 15) is 22.8 Å². The Morgan fingerprint density at radius 2 is 1.97 bits per heavy atom. The minimum absolute atomic E-state index is 0.0276. The number of H-pyrrole nitrogens is 1. The zero-order valence-electron chi connectivity index (χ0n) is 16.6. The standard InChI is InChI=1S/C21H16F3N5O2S/c1-12-4-2-7-15(8-12)29-18-16(10-25-29)19(31)28-20(27-18)32-11-17(30)26-14-6-3-5-13(9-14)21(22,23)24/h2-10H,11H2,1H3,(H,26,30)(H,27,28,31). The van der Waals surface area contributed by atoms with E-state index in [2.05, 4.69) is 20.4 Å². The first-order valence-electron chi connectivity index (χ1n) is 9.36. The van der Waals surface area contributed by atoms with Gasteiger partial charge in [0.05, 0.1) is 23.2 Å². The normalized spacial score (nSPS) is 11.6. The van der Waals surface area contributed by atoms with Crippen molar-refractivity contribution in [3.05, 3.63) is 76.2 Å². The Hall–Kier alpha value is -3.60. The van der Waals surface area contributed by atoms with Gasteiger partial charge in [-0.1, -0.05) is 30.0 Å². The maximum atomic E-state index is 12.8. The number of aromatic nitrogens is 4. The van der Waals surface area contributed by atoms with Crippen molar-refractivity contribution < 1.29 is 18.0 Å². The van der Waals surface area contributed by atoms with Gasteiger partial charge in [0.15, 0.2) is 10.8 Å².